The number of nitrogens with two attached hydrogens (primary N) is 1. The standard InChI is InChI=1S/C16H23N3O2/c1-3-18-14-7-5-4-6-13(14)16(21)19-10-12(15(17)20)9-8-11(19)2/h4-7,11-12,18H,3,8-10H2,1-2H3,(H2,17,20). The van der Waals surface area contributed by atoms with Crippen LogP contribution in [0.15, 0.2) is 24.3 Å². The van der Waals surface area contributed by atoms with Gasteiger partial charge in [-0.05, 0) is 38.8 Å². The molecule has 0 bridgehead atoms. The molecule has 3 N–H and O–H groups in total. The Morgan fingerprint density at radius 3 is 2.71 bits per heavy atom. The Balaban J connectivity index is 2.23. The lowest BCUT2D eigenvalue weighted by molar-refractivity contribution is -0.123. The Morgan fingerprint density at radius 2 is 2.05 bits per heavy atom. The molecule has 21 heavy (non-hydrogen) atoms. The number of nitrogens with one attached hydrogen (secondary N) is 1. The maximum Gasteiger partial charge on any atom is 0.256 e. The molecule has 2 rings (SSSR count). The number of amides is 2. The number of piperidine rings is 1. The molecule has 5 nitrogen and oxygen atoms in total. The maximum absolute atomic E-state index is 12.8. The molecule has 0 aliphatic carbocycles. The van der Waals surface area contributed by atoms with Crippen LogP contribution in [0.25, 0.3) is 0 Å². The largest absolute Gasteiger partial charge is 0.385 e. The van der Waals surface area contributed by atoms with Crippen molar-refractivity contribution in [3.63, 3.8) is 0 Å². The van der Waals surface area contributed by atoms with E-state index < -0.39 is 0 Å². The van der Waals surface area contributed by atoms with Crippen LogP contribution >= 0.6 is 0 Å². The summed E-state index contributed by atoms with van der Waals surface area (Å²) in [6.45, 7) is 5.18. The molecule has 5 heteroatoms. The minimum absolute atomic E-state index is 0.0370. The Bertz CT molecular complexity index is 530. The normalized spacial score (nSPS) is 21.9. The summed E-state index contributed by atoms with van der Waals surface area (Å²) in [4.78, 5) is 26.0. The summed E-state index contributed by atoms with van der Waals surface area (Å²) in [5.74, 6) is -0.596. The number of carbonyl (C=O) groups is 2. The zero-order valence-corrected chi connectivity index (χ0v) is 12.6. The van der Waals surface area contributed by atoms with E-state index in [0.717, 1.165) is 25.1 Å². The highest BCUT2D eigenvalue weighted by Gasteiger charge is 2.32. The zero-order chi connectivity index (χ0) is 15.4. The van der Waals surface area contributed by atoms with Crippen LogP contribution in [0.4, 0.5) is 5.69 Å². The topological polar surface area (TPSA) is 75.4 Å². The van der Waals surface area contributed by atoms with Crippen molar-refractivity contribution < 1.29 is 9.59 Å². The van der Waals surface area contributed by atoms with Gasteiger partial charge in [-0.15, -0.1) is 0 Å². The molecule has 1 heterocycles. The molecule has 1 aromatic carbocycles. The van der Waals surface area contributed by atoms with Gasteiger partial charge in [0, 0.05) is 24.8 Å². The molecule has 0 aromatic heterocycles. The number of primary amides is 1. The molecule has 1 aliphatic rings. The van der Waals surface area contributed by atoms with Crippen LogP contribution in [-0.2, 0) is 4.79 Å². The molecule has 1 aliphatic heterocycles. The molecule has 2 atom stereocenters. The number of hydrogen-bond acceptors (Lipinski definition) is 3. The third-order valence-corrected chi connectivity index (χ3v) is 4.07. The predicted molar refractivity (Wildman–Crippen MR) is 83.0 cm³/mol. The highest BCUT2D eigenvalue weighted by Crippen LogP contribution is 2.25. The van der Waals surface area contributed by atoms with Gasteiger partial charge in [0.05, 0.1) is 11.5 Å². The summed E-state index contributed by atoms with van der Waals surface area (Å²) in [7, 11) is 0. The van der Waals surface area contributed by atoms with Crippen LogP contribution in [0.5, 0.6) is 0 Å². The molecule has 2 amide bonds. The average Bonchev–Trinajstić information content (AvgIpc) is 2.47. The zero-order valence-electron chi connectivity index (χ0n) is 12.6. The van der Waals surface area contributed by atoms with Crippen LogP contribution in [0.2, 0.25) is 0 Å². The number of benzene rings is 1. The minimum atomic E-state index is -0.320. The van der Waals surface area contributed by atoms with Gasteiger partial charge >= 0.3 is 0 Å². The third-order valence-electron chi connectivity index (χ3n) is 4.07. The molecule has 1 aromatic rings. The summed E-state index contributed by atoms with van der Waals surface area (Å²) >= 11 is 0. The first-order chi connectivity index (χ1) is 10.0. The number of rotatable bonds is 4. The summed E-state index contributed by atoms with van der Waals surface area (Å²) in [5, 5.41) is 3.21. The van der Waals surface area contributed by atoms with Gasteiger partial charge < -0.3 is 16.0 Å². The van der Waals surface area contributed by atoms with Crippen molar-refractivity contribution in [1.29, 1.82) is 0 Å². The lowest BCUT2D eigenvalue weighted by Crippen LogP contribution is -2.48. The molecule has 0 radical (unpaired) electrons. The summed E-state index contributed by atoms with van der Waals surface area (Å²) in [6.07, 6.45) is 1.57. The minimum Gasteiger partial charge on any atom is -0.385 e. The van der Waals surface area contributed by atoms with E-state index in [4.69, 9.17) is 5.73 Å². The highest BCUT2D eigenvalue weighted by atomic mass is 16.2. The van der Waals surface area contributed by atoms with E-state index in [1.165, 1.54) is 0 Å². The first-order valence-electron chi connectivity index (χ1n) is 7.47. The molecule has 1 fully saturated rings. The van der Waals surface area contributed by atoms with E-state index >= 15 is 0 Å². The van der Waals surface area contributed by atoms with Gasteiger partial charge in [0.15, 0.2) is 0 Å². The van der Waals surface area contributed by atoms with Crippen LogP contribution in [0, 0.1) is 5.92 Å². The number of carbonyl (C=O) groups excluding carboxylic acids is 2. The van der Waals surface area contributed by atoms with Crippen LogP contribution < -0.4 is 11.1 Å². The maximum atomic E-state index is 12.8. The van der Waals surface area contributed by atoms with Crippen LogP contribution in [0.1, 0.15) is 37.0 Å². The third kappa shape index (κ3) is 3.35. The molecule has 1 saturated heterocycles. The predicted octanol–water partition coefficient (Wildman–Crippen LogP) is 1.84. The summed E-state index contributed by atoms with van der Waals surface area (Å²) < 4.78 is 0. The van der Waals surface area contributed by atoms with E-state index in [1.54, 1.807) is 4.90 Å². The number of para-hydroxylation sites is 1. The van der Waals surface area contributed by atoms with Crippen molar-refractivity contribution in [2.45, 2.75) is 32.7 Å². The van der Waals surface area contributed by atoms with Gasteiger partial charge in [0.25, 0.3) is 5.91 Å². The van der Waals surface area contributed by atoms with Gasteiger partial charge in [-0.2, -0.15) is 0 Å². The van der Waals surface area contributed by atoms with Crippen LogP contribution in [0.3, 0.4) is 0 Å². The van der Waals surface area contributed by atoms with E-state index in [2.05, 4.69) is 5.32 Å². The molecule has 2 unspecified atom stereocenters. The second-order valence-electron chi connectivity index (χ2n) is 5.56. The van der Waals surface area contributed by atoms with Gasteiger partial charge in [-0.3, -0.25) is 9.59 Å². The molecule has 0 spiro atoms. The van der Waals surface area contributed by atoms with Crippen LogP contribution in [-0.4, -0.2) is 35.8 Å². The highest BCUT2D eigenvalue weighted by molar-refractivity contribution is 6.00. The van der Waals surface area contributed by atoms with E-state index in [0.29, 0.717) is 12.1 Å². The summed E-state index contributed by atoms with van der Waals surface area (Å²) in [6, 6.07) is 7.61. The van der Waals surface area contributed by atoms with E-state index in [-0.39, 0.29) is 23.8 Å². The number of likely N-dealkylation sites (tertiary alicyclic amines) is 1. The lowest BCUT2D eigenvalue weighted by atomic mass is 9.92. The van der Waals surface area contributed by atoms with Crippen molar-refractivity contribution in [3.05, 3.63) is 29.8 Å². The van der Waals surface area contributed by atoms with Gasteiger partial charge in [-0.25, -0.2) is 0 Å². The van der Waals surface area contributed by atoms with Crippen molar-refractivity contribution in [3.8, 4) is 0 Å². The Hall–Kier alpha value is -2.04. The fraction of sp³-hybridized carbons (Fsp3) is 0.500. The Labute approximate surface area is 125 Å². The monoisotopic (exact) mass is 289 g/mol. The number of hydrogen-bond donors (Lipinski definition) is 2. The molecule has 0 saturated carbocycles. The summed E-state index contributed by atoms with van der Waals surface area (Å²) in [5.41, 5.74) is 6.88. The second-order valence-corrected chi connectivity index (χ2v) is 5.56. The fourth-order valence-corrected chi connectivity index (χ4v) is 2.79. The first-order valence-corrected chi connectivity index (χ1v) is 7.47. The molecular formula is C16H23N3O2. The van der Waals surface area contributed by atoms with Gasteiger partial charge in [0.2, 0.25) is 5.91 Å². The second kappa shape index (κ2) is 6.61. The molecule has 114 valence electrons. The van der Waals surface area contributed by atoms with E-state index in [1.807, 2.05) is 38.1 Å². The van der Waals surface area contributed by atoms with Crippen molar-refractivity contribution in [2.24, 2.45) is 11.7 Å². The van der Waals surface area contributed by atoms with E-state index in [9.17, 15) is 9.59 Å². The van der Waals surface area contributed by atoms with Gasteiger partial charge in [-0.1, -0.05) is 12.1 Å². The lowest BCUT2D eigenvalue weighted by Gasteiger charge is -2.37. The fourth-order valence-electron chi connectivity index (χ4n) is 2.79. The smallest absolute Gasteiger partial charge is 0.256 e. The first kappa shape index (κ1) is 15.4. The average molecular weight is 289 g/mol. The number of nitrogens with zero attached hydrogens (tertiary/aromatic N) is 1. The van der Waals surface area contributed by atoms with Crippen molar-refractivity contribution in [1.82, 2.24) is 4.90 Å². The Kier molecular flexibility index (Phi) is 4.83. The molecular weight excluding hydrogens is 266 g/mol. The number of anilines is 1. The van der Waals surface area contributed by atoms with Gasteiger partial charge in [0.1, 0.15) is 0 Å². The SMILES string of the molecule is CCNc1ccccc1C(=O)N1CC(C(N)=O)CCC1C. The quantitative estimate of drug-likeness (QED) is 0.888. The Morgan fingerprint density at radius 1 is 1.33 bits per heavy atom. The van der Waals surface area contributed by atoms with Crippen molar-refractivity contribution >= 4 is 17.5 Å². The van der Waals surface area contributed by atoms with Crippen molar-refractivity contribution in [2.75, 3.05) is 18.4 Å².